The highest BCUT2D eigenvalue weighted by atomic mass is 19.1. The van der Waals surface area contributed by atoms with Crippen molar-refractivity contribution in [3.8, 4) is 5.75 Å². The molecule has 1 aromatic rings. The maximum absolute atomic E-state index is 13.6. The molecule has 0 bridgehead atoms. The summed E-state index contributed by atoms with van der Waals surface area (Å²) in [5, 5.41) is 12.7. The Bertz CT molecular complexity index is 480. The van der Waals surface area contributed by atoms with Gasteiger partial charge in [-0.1, -0.05) is 31.9 Å². The molecule has 0 heterocycles. The lowest BCUT2D eigenvalue weighted by Crippen LogP contribution is -2.49. The van der Waals surface area contributed by atoms with Gasteiger partial charge >= 0.3 is 0 Å². The normalized spacial score (nSPS) is 23.4. The first kappa shape index (κ1) is 15.8. The third-order valence-electron chi connectivity index (χ3n) is 3.83. The second-order valence-electron chi connectivity index (χ2n) is 5.41. The van der Waals surface area contributed by atoms with Crippen LogP contribution in [0, 0.1) is 5.82 Å². The van der Waals surface area contributed by atoms with Crippen LogP contribution in [-0.2, 0) is 4.79 Å². The van der Waals surface area contributed by atoms with Crippen LogP contribution in [0.4, 0.5) is 4.39 Å². The fourth-order valence-corrected chi connectivity index (χ4v) is 2.57. The van der Waals surface area contributed by atoms with Gasteiger partial charge in [-0.15, -0.1) is 0 Å². The van der Waals surface area contributed by atoms with Gasteiger partial charge in [-0.3, -0.25) is 4.79 Å². The van der Waals surface area contributed by atoms with Crippen molar-refractivity contribution in [3.63, 3.8) is 0 Å². The molecule has 116 valence electrons. The van der Waals surface area contributed by atoms with Gasteiger partial charge in [0.1, 0.15) is 0 Å². The zero-order valence-corrected chi connectivity index (χ0v) is 12.2. The molecule has 1 aromatic carbocycles. The molecular formula is C16H22FNO3. The van der Waals surface area contributed by atoms with Gasteiger partial charge in [0.05, 0.1) is 12.1 Å². The van der Waals surface area contributed by atoms with Crippen LogP contribution in [-0.4, -0.2) is 29.3 Å². The van der Waals surface area contributed by atoms with Gasteiger partial charge in [-0.25, -0.2) is 4.39 Å². The molecule has 1 amide bonds. The number of benzene rings is 1. The summed E-state index contributed by atoms with van der Waals surface area (Å²) in [7, 11) is 0. The lowest BCUT2D eigenvalue weighted by Gasteiger charge is -2.29. The number of aliphatic hydroxyl groups is 1. The lowest BCUT2D eigenvalue weighted by atomic mass is 9.92. The minimum atomic E-state index is -0.754. The van der Waals surface area contributed by atoms with Crippen molar-refractivity contribution in [2.24, 2.45) is 0 Å². The topological polar surface area (TPSA) is 58.6 Å². The third kappa shape index (κ3) is 4.17. The number of aliphatic hydroxyl groups excluding tert-OH is 1. The highest BCUT2D eigenvalue weighted by Gasteiger charge is 2.28. The Labute approximate surface area is 124 Å². The highest BCUT2D eigenvalue weighted by molar-refractivity contribution is 5.81. The van der Waals surface area contributed by atoms with E-state index in [9.17, 15) is 14.3 Å². The summed E-state index contributed by atoms with van der Waals surface area (Å²) < 4.78 is 19.0. The largest absolute Gasteiger partial charge is 0.478 e. The number of hydrogen-bond donors (Lipinski definition) is 2. The van der Waals surface area contributed by atoms with Gasteiger partial charge in [0, 0.05) is 0 Å². The Morgan fingerprint density at radius 1 is 1.43 bits per heavy atom. The summed E-state index contributed by atoms with van der Waals surface area (Å²) >= 11 is 0. The van der Waals surface area contributed by atoms with Crippen molar-refractivity contribution in [3.05, 3.63) is 30.1 Å². The van der Waals surface area contributed by atoms with Crippen LogP contribution in [0.3, 0.4) is 0 Å². The zero-order chi connectivity index (χ0) is 15.2. The molecule has 3 unspecified atom stereocenters. The lowest BCUT2D eigenvalue weighted by molar-refractivity contribution is -0.130. The third-order valence-corrected chi connectivity index (χ3v) is 3.83. The van der Waals surface area contributed by atoms with Gasteiger partial charge in [0.25, 0.3) is 5.91 Å². The van der Waals surface area contributed by atoms with Crippen molar-refractivity contribution >= 4 is 5.91 Å². The molecule has 1 aliphatic carbocycles. The molecule has 4 nitrogen and oxygen atoms in total. The SMILES string of the molecule is CCC(Oc1ccccc1F)C(=O)NC1CCCCC1O. The summed E-state index contributed by atoms with van der Waals surface area (Å²) in [6.45, 7) is 1.81. The predicted molar refractivity (Wildman–Crippen MR) is 77.5 cm³/mol. The minimum Gasteiger partial charge on any atom is -0.478 e. The van der Waals surface area contributed by atoms with Gasteiger partial charge in [0.2, 0.25) is 0 Å². The van der Waals surface area contributed by atoms with E-state index in [4.69, 9.17) is 4.74 Å². The minimum absolute atomic E-state index is 0.0729. The van der Waals surface area contributed by atoms with E-state index in [1.54, 1.807) is 12.1 Å². The van der Waals surface area contributed by atoms with Gasteiger partial charge in [0.15, 0.2) is 17.7 Å². The first-order valence-corrected chi connectivity index (χ1v) is 7.51. The summed E-state index contributed by atoms with van der Waals surface area (Å²) in [4.78, 5) is 12.2. The number of rotatable bonds is 5. The van der Waals surface area contributed by atoms with E-state index < -0.39 is 18.0 Å². The smallest absolute Gasteiger partial charge is 0.261 e. The molecule has 0 saturated heterocycles. The molecule has 1 aliphatic rings. The quantitative estimate of drug-likeness (QED) is 0.877. The van der Waals surface area contributed by atoms with Crippen LogP contribution in [0.1, 0.15) is 39.0 Å². The first-order valence-electron chi connectivity index (χ1n) is 7.51. The Balaban J connectivity index is 1.97. The number of ether oxygens (including phenoxy) is 1. The molecule has 0 radical (unpaired) electrons. The van der Waals surface area contributed by atoms with E-state index in [-0.39, 0.29) is 17.7 Å². The second kappa shape index (κ2) is 7.41. The van der Waals surface area contributed by atoms with Gasteiger partial charge in [-0.2, -0.15) is 0 Å². The molecular weight excluding hydrogens is 273 g/mol. The number of para-hydroxylation sites is 1. The van der Waals surface area contributed by atoms with Gasteiger partial charge in [-0.05, 0) is 31.4 Å². The number of halogens is 1. The van der Waals surface area contributed by atoms with E-state index in [1.807, 2.05) is 6.92 Å². The highest BCUT2D eigenvalue weighted by Crippen LogP contribution is 2.20. The molecule has 0 spiro atoms. The van der Waals surface area contributed by atoms with Crippen LogP contribution in [0.2, 0.25) is 0 Å². The first-order chi connectivity index (χ1) is 10.1. The van der Waals surface area contributed by atoms with Crippen molar-refractivity contribution in [2.45, 2.75) is 57.3 Å². The van der Waals surface area contributed by atoms with E-state index in [0.717, 1.165) is 19.3 Å². The Morgan fingerprint density at radius 3 is 2.81 bits per heavy atom. The molecule has 2 N–H and O–H groups in total. The standard InChI is InChI=1S/C16H22FNO3/c1-2-14(21-15-10-6-3-7-11(15)17)16(20)18-12-8-4-5-9-13(12)19/h3,6-7,10,12-14,19H,2,4-5,8-9H2,1H3,(H,18,20). The van der Waals surface area contributed by atoms with E-state index in [0.29, 0.717) is 12.8 Å². The molecule has 21 heavy (non-hydrogen) atoms. The predicted octanol–water partition coefficient (Wildman–Crippen LogP) is 2.40. The summed E-state index contributed by atoms with van der Waals surface area (Å²) in [6, 6.07) is 5.80. The van der Waals surface area contributed by atoms with E-state index in [1.165, 1.54) is 12.1 Å². The second-order valence-corrected chi connectivity index (χ2v) is 5.41. The monoisotopic (exact) mass is 295 g/mol. The van der Waals surface area contributed by atoms with Crippen LogP contribution >= 0.6 is 0 Å². The number of nitrogens with one attached hydrogen (secondary N) is 1. The Hall–Kier alpha value is -1.62. The van der Waals surface area contributed by atoms with E-state index >= 15 is 0 Å². The fourth-order valence-electron chi connectivity index (χ4n) is 2.57. The van der Waals surface area contributed by atoms with Crippen LogP contribution in [0.5, 0.6) is 5.75 Å². The van der Waals surface area contributed by atoms with Crippen LogP contribution in [0.15, 0.2) is 24.3 Å². The maximum Gasteiger partial charge on any atom is 0.261 e. The van der Waals surface area contributed by atoms with Crippen LogP contribution < -0.4 is 10.1 Å². The van der Waals surface area contributed by atoms with Crippen molar-refractivity contribution in [1.82, 2.24) is 5.32 Å². The number of carbonyl (C=O) groups is 1. The maximum atomic E-state index is 13.6. The molecule has 0 aliphatic heterocycles. The molecule has 3 atom stereocenters. The molecule has 1 fully saturated rings. The van der Waals surface area contributed by atoms with Crippen molar-refractivity contribution < 1.29 is 19.0 Å². The van der Waals surface area contributed by atoms with Crippen molar-refractivity contribution in [1.29, 1.82) is 0 Å². The summed E-state index contributed by atoms with van der Waals surface area (Å²) in [6.07, 6.45) is 2.62. The molecule has 2 rings (SSSR count). The van der Waals surface area contributed by atoms with Crippen LogP contribution in [0.25, 0.3) is 0 Å². The fraction of sp³-hybridized carbons (Fsp3) is 0.562. The average Bonchev–Trinajstić information content (AvgIpc) is 2.48. The summed E-state index contributed by atoms with van der Waals surface area (Å²) in [5.41, 5.74) is 0. The summed E-state index contributed by atoms with van der Waals surface area (Å²) in [5.74, 6) is -0.711. The van der Waals surface area contributed by atoms with E-state index in [2.05, 4.69) is 5.32 Å². The molecule has 5 heteroatoms. The van der Waals surface area contributed by atoms with Crippen molar-refractivity contribution in [2.75, 3.05) is 0 Å². The Morgan fingerprint density at radius 2 is 2.14 bits per heavy atom. The zero-order valence-electron chi connectivity index (χ0n) is 12.2. The number of amides is 1. The number of carbonyl (C=O) groups excluding carboxylic acids is 1. The Kier molecular flexibility index (Phi) is 5.56. The molecule has 0 aromatic heterocycles. The molecule has 1 saturated carbocycles. The average molecular weight is 295 g/mol. The van der Waals surface area contributed by atoms with Gasteiger partial charge < -0.3 is 15.2 Å². The number of hydrogen-bond acceptors (Lipinski definition) is 3.